The number of carbonyl (C=O) groups excluding carboxylic acids is 1. The number of nitrogens with zero attached hydrogens (tertiary/aromatic N) is 2. The van der Waals surface area contributed by atoms with Crippen LogP contribution in [0.4, 0.5) is 5.69 Å². The highest BCUT2D eigenvalue weighted by molar-refractivity contribution is 5.99. The van der Waals surface area contributed by atoms with E-state index in [1.807, 2.05) is 11.0 Å². The molecule has 1 fully saturated rings. The maximum atomic E-state index is 12.6. The van der Waals surface area contributed by atoms with E-state index in [2.05, 4.69) is 31.1 Å². The van der Waals surface area contributed by atoms with Crippen molar-refractivity contribution >= 4 is 11.6 Å². The molecule has 0 aromatic carbocycles. The van der Waals surface area contributed by atoms with Gasteiger partial charge in [0.1, 0.15) is 0 Å². The third-order valence-corrected chi connectivity index (χ3v) is 3.66. The Kier molecular flexibility index (Phi) is 4.40. The van der Waals surface area contributed by atoms with Crippen LogP contribution in [-0.2, 0) is 0 Å². The van der Waals surface area contributed by atoms with Gasteiger partial charge in [0.25, 0.3) is 5.91 Å². The summed E-state index contributed by atoms with van der Waals surface area (Å²) in [5, 5.41) is 3.31. The van der Waals surface area contributed by atoms with Crippen LogP contribution >= 0.6 is 0 Å². The monoisotopic (exact) mass is 261 g/mol. The molecule has 0 spiro atoms. The van der Waals surface area contributed by atoms with Gasteiger partial charge < -0.3 is 10.2 Å². The number of rotatable bonds is 4. The molecule has 4 heteroatoms. The quantitative estimate of drug-likeness (QED) is 0.906. The van der Waals surface area contributed by atoms with Gasteiger partial charge in [-0.05, 0) is 31.7 Å². The van der Waals surface area contributed by atoms with Crippen molar-refractivity contribution in [2.24, 2.45) is 5.92 Å². The zero-order valence-corrected chi connectivity index (χ0v) is 12.0. The second kappa shape index (κ2) is 6.04. The van der Waals surface area contributed by atoms with Crippen molar-refractivity contribution in [3.05, 3.63) is 24.0 Å². The molecule has 1 aromatic rings. The smallest absolute Gasteiger partial charge is 0.257 e. The van der Waals surface area contributed by atoms with Gasteiger partial charge in [0.15, 0.2) is 0 Å². The lowest BCUT2D eigenvalue weighted by atomic mass is 10.1. The van der Waals surface area contributed by atoms with E-state index in [9.17, 15) is 4.79 Å². The van der Waals surface area contributed by atoms with Crippen molar-refractivity contribution in [2.75, 3.05) is 18.4 Å². The average molecular weight is 261 g/mol. The summed E-state index contributed by atoms with van der Waals surface area (Å²) in [4.78, 5) is 18.7. The fourth-order valence-corrected chi connectivity index (χ4v) is 2.72. The molecule has 0 saturated carbocycles. The number of aromatic nitrogens is 1. The summed E-state index contributed by atoms with van der Waals surface area (Å²) in [7, 11) is 0. The van der Waals surface area contributed by atoms with Gasteiger partial charge in [0.05, 0.1) is 11.3 Å². The summed E-state index contributed by atoms with van der Waals surface area (Å²) in [5.41, 5.74) is 1.59. The van der Waals surface area contributed by atoms with Gasteiger partial charge in [0.2, 0.25) is 0 Å². The lowest BCUT2D eigenvalue weighted by Crippen LogP contribution is -2.34. The van der Waals surface area contributed by atoms with E-state index in [1.54, 1.807) is 12.4 Å². The third-order valence-electron chi connectivity index (χ3n) is 3.66. The Morgan fingerprint density at radius 3 is 2.95 bits per heavy atom. The van der Waals surface area contributed by atoms with Crippen LogP contribution in [-0.4, -0.2) is 34.9 Å². The number of anilines is 1. The number of carbonyl (C=O) groups is 1. The van der Waals surface area contributed by atoms with Gasteiger partial charge in [-0.3, -0.25) is 9.78 Å². The summed E-state index contributed by atoms with van der Waals surface area (Å²) in [6.07, 6.45) is 5.53. The SMILES string of the molecule is CCCNc1ccncc1C(=O)N1CC(C)CC1C. The van der Waals surface area contributed by atoms with Gasteiger partial charge in [-0.2, -0.15) is 0 Å². The van der Waals surface area contributed by atoms with Crippen molar-refractivity contribution in [2.45, 2.75) is 39.7 Å². The van der Waals surface area contributed by atoms with E-state index in [0.29, 0.717) is 17.5 Å². The van der Waals surface area contributed by atoms with E-state index >= 15 is 0 Å². The summed E-state index contributed by atoms with van der Waals surface area (Å²) in [6, 6.07) is 2.20. The fraction of sp³-hybridized carbons (Fsp3) is 0.600. The lowest BCUT2D eigenvalue weighted by Gasteiger charge is -2.22. The van der Waals surface area contributed by atoms with Crippen LogP contribution in [0.3, 0.4) is 0 Å². The van der Waals surface area contributed by atoms with Crippen LogP contribution in [0.5, 0.6) is 0 Å². The number of hydrogen-bond acceptors (Lipinski definition) is 3. The van der Waals surface area contributed by atoms with Crippen LogP contribution in [0, 0.1) is 5.92 Å². The molecule has 1 aliphatic heterocycles. The number of pyridine rings is 1. The predicted molar refractivity (Wildman–Crippen MR) is 77.3 cm³/mol. The molecule has 0 aliphatic carbocycles. The molecule has 1 aliphatic rings. The molecule has 2 atom stereocenters. The molecule has 1 aromatic heterocycles. The second-order valence-electron chi connectivity index (χ2n) is 5.50. The minimum absolute atomic E-state index is 0.101. The highest BCUT2D eigenvalue weighted by Crippen LogP contribution is 2.26. The summed E-state index contributed by atoms with van der Waals surface area (Å²) < 4.78 is 0. The average Bonchev–Trinajstić information content (AvgIpc) is 2.75. The van der Waals surface area contributed by atoms with Crippen molar-refractivity contribution < 1.29 is 4.79 Å². The Morgan fingerprint density at radius 2 is 2.32 bits per heavy atom. The molecule has 2 unspecified atom stereocenters. The third kappa shape index (κ3) is 3.06. The van der Waals surface area contributed by atoms with Crippen LogP contribution in [0.2, 0.25) is 0 Å². The first-order valence-electron chi connectivity index (χ1n) is 7.12. The number of hydrogen-bond donors (Lipinski definition) is 1. The summed E-state index contributed by atoms with van der Waals surface area (Å²) in [6.45, 7) is 8.15. The summed E-state index contributed by atoms with van der Waals surface area (Å²) >= 11 is 0. The van der Waals surface area contributed by atoms with Crippen LogP contribution in [0.25, 0.3) is 0 Å². The van der Waals surface area contributed by atoms with E-state index in [4.69, 9.17) is 0 Å². The molecule has 2 heterocycles. The zero-order valence-electron chi connectivity index (χ0n) is 12.0. The van der Waals surface area contributed by atoms with E-state index in [-0.39, 0.29) is 5.91 Å². The van der Waals surface area contributed by atoms with Gasteiger partial charge >= 0.3 is 0 Å². The Bertz CT molecular complexity index is 447. The first-order valence-corrected chi connectivity index (χ1v) is 7.12. The van der Waals surface area contributed by atoms with Crippen LogP contribution < -0.4 is 5.32 Å². The largest absolute Gasteiger partial charge is 0.384 e. The minimum atomic E-state index is 0.101. The van der Waals surface area contributed by atoms with Gasteiger partial charge in [-0.1, -0.05) is 13.8 Å². The highest BCUT2D eigenvalue weighted by atomic mass is 16.2. The Labute approximate surface area is 115 Å². The maximum Gasteiger partial charge on any atom is 0.257 e. The maximum absolute atomic E-state index is 12.6. The molecule has 4 nitrogen and oxygen atoms in total. The Balaban J connectivity index is 2.19. The molecule has 1 saturated heterocycles. The van der Waals surface area contributed by atoms with Crippen LogP contribution in [0.15, 0.2) is 18.5 Å². The molecule has 0 bridgehead atoms. The predicted octanol–water partition coefficient (Wildman–Crippen LogP) is 2.77. The molecule has 1 amide bonds. The molecular formula is C15H23N3O. The normalized spacial score (nSPS) is 22.6. The van der Waals surface area contributed by atoms with Crippen molar-refractivity contribution in [3.63, 3.8) is 0 Å². The molecule has 1 N–H and O–H groups in total. The van der Waals surface area contributed by atoms with Crippen LogP contribution in [0.1, 0.15) is 44.0 Å². The topological polar surface area (TPSA) is 45.2 Å². The first-order chi connectivity index (χ1) is 9.13. The molecule has 104 valence electrons. The number of nitrogens with one attached hydrogen (secondary N) is 1. The molecular weight excluding hydrogens is 238 g/mol. The lowest BCUT2D eigenvalue weighted by molar-refractivity contribution is 0.0744. The van der Waals surface area contributed by atoms with E-state index in [1.165, 1.54) is 0 Å². The first kappa shape index (κ1) is 13.8. The van der Waals surface area contributed by atoms with Crippen molar-refractivity contribution in [1.82, 2.24) is 9.88 Å². The second-order valence-corrected chi connectivity index (χ2v) is 5.50. The zero-order chi connectivity index (χ0) is 13.8. The van der Waals surface area contributed by atoms with Gasteiger partial charge in [-0.25, -0.2) is 0 Å². The Hall–Kier alpha value is -1.58. The van der Waals surface area contributed by atoms with Gasteiger partial charge in [-0.15, -0.1) is 0 Å². The Morgan fingerprint density at radius 1 is 1.53 bits per heavy atom. The molecule has 2 rings (SSSR count). The standard InChI is InChI=1S/C15H23N3O/c1-4-6-17-14-5-7-16-9-13(14)15(19)18-10-11(2)8-12(18)3/h5,7,9,11-12H,4,6,8,10H2,1-3H3,(H,16,17). The molecule has 0 radical (unpaired) electrons. The van der Waals surface area contributed by atoms with Crippen molar-refractivity contribution in [3.8, 4) is 0 Å². The van der Waals surface area contributed by atoms with E-state index < -0.39 is 0 Å². The minimum Gasteiger partial charge on any atom is -0.384 e. The molecule has 19 heavy (non-hydrogen) atoms. The highest BCUT2D eigenvalue weighted by Gasteiger charge is 2.31. The number of amides is 1. The number of likely N-dealkylation sites (tertiary alicyclic amines) is 1. The van der Waals surface area contributed by atoms with Crippen molar-refractivity contribution in [1.29, 1.82) is 0 Å². The van der Waals surface area contributed by atoms with Gasteiger partial charge in [0, 0.05) is 31.5 Å². The summed E-state index contributed by atoms with van der Waals surface area (Å²) in [5.74, 6) is 0.686. The fourth-order valence-electron chi connectivity index (χ4n) is 2.72. The van der Waals surface area contributed by atoms with E-state index in [0.717, 1.165) is 31.6 Å².